The number of nitrogens with two attached hydrogens (primary N) is 1. The Morgan fingerprint density at radius 2 is 1.90 bits per heavy atom. The number of hydrogen-bond acceptors (Lipinski definition) is 2. The highest BCUT2D eigenvalue weighted by Gasteiger charge is 2.33. The molecule has 3 N–H and O–H groups in total. The van der Waals surface area contributed by atoms with Crippen molar-refractivity contribution in [3.63, 3.8) is 0 Å². The Morgan fingerprint density at radius 3 is 2.20 bits per heavy atom. The Bertz CT molecular complexity index is 102. The van der Waals surface area contributed by atoms with Gasteiger partial charge in [-0.2, -0.15) is 0 Å². The van der Waals surface area contributed by atoms with Crippen LogP contribution in [0.15, 0.2) is 0 Å². The Hall–Kier alpha value is -0.0800. The largest absolute Gasteiger partial charge is 0.327 e. The van der Waals surface area contributed by atoms with Crippen LogP contribution in [0.5, 0.6) is 0 Å². The first-order chi connectivity index (χ1) is 4.88. The zero-order valence-electron chi connectivity index (χ0n) is 6.34. The van der Waals surface area contributed by atoms with Gasteiger partial charge in [0.15, 0.2) is 0 Å². The maximum absolute atomic E-state index is 6.04. The van der Waals surface area contributed by atoms with Crippen LogP contribution < -0.4 is 11.1 Å². The van der Waals surface area contributed by atoms with E-state index in [0.717, 1.165) is 24.9 Å². The second-order valence-electron chi connectivity index (χ2n) is 3.69. The molecule has 1 saturated carbocycles. The first kappa shape index (κ1) is 6.62. The molecule has 0 bridgehead atoms. The molecule has 0 amide bonds. The van der Waals surface area contributed by atoms with E-state index in [9.17, 15) is 0 Å². The summed E-state index contributed by atoms with van der Waals surface area (Å²) in [5.41, 5.74) is 6.04. The molecule has 0 aromatic heterocycles. The van der Waals surface area contributed by atoms with Gasteiger partial charge in [-0.05, 0) is 24.7 Å². The summed E-state index contributed by atoms with van der Waals surface area (Å²) in [5.74, 6) is 1.66. The molecule has 2 heteroatoms. The first-order valence-electron chi connectivity index (χ1n) is 4.34. The average molecular weight is 140 g/mol. The fourth-order valence-electron chi connectivity index (χ4n) is 1.79. The van der Waals surface area contributed by atoms with Gasteiger partial charge in [-0.15, -0.1) is 0 Å². The van der Waals surface area contributed by atoms with Gasteiger partial charge in [-0.1, -0.05) is 6.42 Å². The van der Waals surface area contributed by atoms with Crippen molar-refractivity contribution in [3.8, 4) is 0 Å². The van der Waals surface area contributed by atoms with Gasteiger partial charge in [0.1, 0.15) is 0 Å². The second-order valence-corrected chi connectivity index (χ2v) is 3.69. The molecule has 1 aliphatic heterocycles. The zero-order chi connectivity index (χ0) is 6.97. The maximum atomic E-state index is 6.04. The Morgan fingerprint density at radius 1 is 1.20 bits per heavy atom. The second kappa shape index (κ2) is 2.51. The van der Waals surface area contributed by atoms with Crippen molar-refractivity contribution in [3.05, 3.63) is 0 Å². The minimum absolute atomic E-state index is 0.509. The molecule has 0 aromatic rings. The maximum Gasteiger partial charge on any atom is 0.0120 e. The molecule has 2 aliphatic rings. The summed E-state index contributed by atoms with van der Waals surface area (Å²) >= 11 is 0. The molecule has 1 unspecified atom stereocenters. The van der Waals surface area contributed by atoms with Gasteiger partial charge >= 0.3 is 0 Å². The van der Waals surface area contributed by atoms with E-state index in [1.165, 1.54) is 19.3 Å². The van der Waals surface area contributed by atoms with Crippen molar-refractivity contribution in [1.29, 1.82) is 0 Å². The molecule has 1 atom stereocenters. The summed E-state index contributed by atoms with van der Waals surface area (Å²) in [6.45, 7) is 2.33. The number of nitrogens with one attached hydrogen (secondary N) is 1. The van der Waals surface area contributed by atoms with Crippen molar-refractivity contribution in [2.45, 2.75) is 25.3 Å². The lowest BCUT2D eigenvalue weighted by Gasteiger charge is -2.40. The lowest BCUT2D eigenvalue weighted by atomic mass is 9.74. The Balaban J connectivity index is 1.79. The molecule has 2 rings (SSSR count). The highest BCUT2D eigenvalue weighted by atomic mass is 15.0. The lowest BCUT2D eigenvalue weighted by Crippen LogP contribution is -2.55. The van der Waals surface area contributed by atoms with Crippen LogP contribution >= 0.6 is 0 Å². The fraction of sp³-hybridized carbons (Fsp3) is 1.00. The molecule has 2 fully saturated rings. The minimum atomic E-state index is 0.509. The highest BCUT2D eigenvalue weighted by Crippen LogP contribution is 2.32. The van der Waals surface area contributed by atoms with E-state index in [1.54, 1.807) is 0 Å². The number of hydrogen-bond donors (Lipinski definition) is 2. The van der Waals surface area contributed by atoms with E-state index in [2.05, 4.69) is 5.32 Å². The lowest BCUT2D eigenvalue weighted by molar-refractivity contribution is 0.168. The fourth-order valence-corrected chi connectivity index (χ4v) is 1.79. The quantitative estimate of drug-likeness (QED) is 0.580. The predicted octanol–water partition coefficient (Wildman–Crippen LogP) is 0.333. The smallest absolute Gasteiger partial charge is 0.0120 e. The van der Waals surface area contributed by atoms with E-state index in [4.69, 9.17) is 5.73 Å². The average Bonchev–Trinajstić information content (AvgIpc) is 1.52. The summed E-state index contributed by atoms with van der Waals surface area (Å²) in [4.78, 5) is 0. The SMILES string of the molecule is NC(C1CCC1)C1CNC1. The molecule has 10 heavy (non-hydrogen) atoms. The van der Waals surface area contributed by atoms with Crippen molar-refractivity contribution in [2.75, 3.05) is 13.1 Å². The van der Waals surface area contributed by atoms with Crippen LogP contribution in [0.4, 0.5) is 0 Å². The van der Waals surface area contributed by atoms with Crippen molar-refractivity contribution >= 4 is 0 Å². The van der Waals surface area contributed by atoms with Gasteiger partial charge in [0.25, 0.3) is 0 Å². The topological polar surface area (TPSA) is 38.0 Å². The van der Waals surface area contributed by atoms with Gasteiger partial charge in [0.05, 0.1) is 0 Å². The molecule has 0 spiro atoms. The van der Waals surface area contributed by atoms with Crippen LogP contribution in [-0.2, 0) is 0 Å². The molecule has 1 saturated heterocycles. The summed E-state index contributed by atoms with van der Waals surface area (Å²) in [6, 6.07) is 0.509. The molecule has 1 heterocycles. The third-order valence-corrected chi connectivity index (χ3v) is 3.05. The molecule has 0 aromatic carbocycles. The van der Waals surface area contributed by atoms with Crippen LogP contribution in [0.2, 0.25) is 0 Å². The van der Waals surface area contributed by atoms with Gasteiger partial charge in [0.2, 0.25) is 0 Å². The summed E-state index contributed by atoms with van der Waals surface area (Å²) in [7, 11) is 0. The molecular weight excluding hydrogens is 124 g/mol. The van der Waals surface area contributed by atoms with E-state index in [-0.39, 0.29) is 0 Å². The molecule has 0 radical (unpaired) electrons. The van der Waals surface area contributed by atoms with Gasteiger partial charge in [-0.25, -0.2) is 0 Å². The molecule has 58 valence electrons. The van der Waals surface area contributed by atoms with Crippen molar-refractivity contribution in [1.82, 2.24) is 5.32 Å². The summed E-state index contributed by atoms with van der Waals surface area (Å²) in [5, 5.41) is 3.27. The van der Waals surface area contributed by atoms with Crippen molar-refractivity contribution < 1.29 is 0 Å². The van der Waals surface area contributed by atoms with Gasteiger partial charge in [0, 0.05) is 19.1 Å². The summed E-state index contributed by atoms with van der Waals surface area (Å²) < 4.78 is 0. The predicted molar refractivity (Wildman–Crippen MR) is 41.7 cm³/mol. The first-order valence-corrected chi connectivity index (χ1v) is 4.34. The monoisotopic (exact) mass is 140 g/mol. The number of rotatable bonds is 2. The van der Waals surface area contributed by atoms with E-state index in [1.807, 2.05) is 0 Å². The normalized spacial score (nSPS) is 30.9. The minimum Gasteiger partial charge on any atom is -0.327 e. The van der Waals surface area contributed by atoms with Gasteiger partial charge in [-0.3, -0.25) is 0 Å². The molecular formula is C8H16N2. The van der Waals surface area contributed by atoms with E-state index >= 15 is 0 Å². The van der Waals surface area contributed by atoms with Crippen LogP contribution in [0, 0.1) is 11.8 Å². The standard InChI is InChI=1S/C8H16N2/c9-8(6-2-1-3-6)7-4-10-5-7/h6-8,10H,1-5,9H2. The van der Waals surface area contributed by atoms with Crippen LogP contribution in [0.3, 0.4) is 0 Å². The van der Waals surface area contributed by atoms with E-state index in [0.29, 0.717) is 6.04 Å². The van der Waals surface area contributed by atoms with Crippen LogP contribution in [-0.4, -0.2) is 19.1 Å². The highest BCUT2D eigenvalue weighted by molar-refractivity contribution is 4.91. The van der Waals surface area contributed by atoms with E-state index < -0.39 is 0 Å². The van der Waals surface area contributed by atoms with Crippen molar-refractivity contribution in [2.24, 2.45) is 17.6 Å². The Labute approximate surface area is 62.2 Å². The third-order valence-electron chi connectivity index (χ3n) is 3.05. The third kappa shape index (κ3) is 0.956. The molecule has 1 aliphatic carbocycles. The molecule has 2 nitrogen and oxygen atoms in total. The van der Waals surface area contributed by atoms with Crippen LogP contribution in [0.1, 0.15) is 19.3 Å². The van der Waals surface area contributed by atoms with Crippen LogP contribution in [0.25, 0.3) is 0 Å². The zero-order valence-corrected chi connectivity index (χ0v) is 6.34. The van der Waals surface area contributed by atoms with Gasteiger partial charge < -0.3 is 11.1 Å². The summed E-state index contributed by atoms with van der Waals surface area (Å²) in [6.07, 6.45) is 4.19. The Kier molecular flexibility index (Phi) is 1.66.